The zero-order valence-corrected chi connectivity index (χ0v) is 21.0. The lowest BCUT2D eigenvalue weighted by Gasteiger charge is -2.23. The molecule has 0 spiro atoms. The fourth-order valence-corrected chi connectivity index (χ4v) is 4.46. The van der Waals surface area contributed by atoms with Crippen molar-refractivity contribution in [2.75, 3.05) is 31.4 Å². The maximum atomic E-state index is 12.8. The van der Waals surface area contributed by atoms with E-state index < -0.39 is 0 Å². The molecular weight excluding hydrogens is 466 g/mol. The summed E-state index contributed by atoms with van der Waals surface area (Å²) >= 11 is 1.24. The van der Waals surface area contributed by atoms with Gasteiger partial charge >= 0.3 is 0 Å². The number of ether oxygens (including phenoxy) is 3. The topological polar surface area (TPSA) is 114 Å². The average molecular weight is 498 g/mol. The van der Waals surface area contributed by atoms with Crippen LogP contribution in [0.1, 0.15) is 38.8 Å². The van der Waals surface area contributed by atoms with Gasteiger partial charge in [-0.05, 0) is 54.8 Å². The van der Waals surface area contributed by atoms with Gasteiger partial charge in [0.05, 0.1) is 31.6 Å². The van der Waals surface area contributed by atoms with E-state index in [4.69, 9.17) is 20.1 Å². The molecule has 1 unspecified atom stereocenters. The maximum absolute atomic E-state index is 12.8. The molecule has 1 atom stereocenters. The van der Waals surface area contributed by atoms with Crippen LogP contribution in [0.2, 0.25) is 0 Å². The number of thioether (sulfide) groups is 1. The third kappa shape index (κ3) is 6.00. The van der Waals surface area contributed by atoms with Crippen LogP contribution in [0.4, 0.5) is 0 Å². The highest BCUT2D eigenvalue weighted by molar-refractivity contribution is 7.99. The summed E-state index contributed by atoms with van der Waals surface area (Å²) in [5.74, 6) is 9.18. The number of nitrogen functional groups attached to an aromatic ring is 1. The van der Waals surface area contributed by atoms with Gasteiger partial charge < -0.3 is 25.4 Å². The predicted molar refractivity (Wildman–Crippen MR) is 135 cm³/mol. The Kier molecular flexibility index (Phi) is 8.02. The van der Waals surface area contributed by atoms with E-state index in [1.165, 1.54) is 16.4 Å². The monoisotopic (exact) mass is 497 g/mol. The van der Waals surface area contributed by atoms with Gasteiger partial charge in [-0.2, -0.15) is 0 Å². The van der Waals surface area contributed by atoms with Crippen LogP contribution < -0.4 is 25.4 Å². The second-order valence-electron chi connectivity index (χ2n) is 8.47. The number of carbonyl (C=O) groups excluding carboxylic acids is 1. The van der Waals surface area contributed by atoms with E-state index in [0.29, 0.717) is 36.6 Å². The molecule has 1 aliphatic heterocycles. The molecule has 2 heterocycles. The van der Waals surface area contributed by atoms with Crippen molar-refractivity contribution in [3.8, 4) is 28.6 Å². The highest BCUT2D eigenvalue weighted by atomic mass is 32.2. The zero-order chi connectivity index (χ0) is 24.8. The van der Waals surface area contributed by atoms with Crippen LogP contribution in [0.3, 0.4) is 0 Å². The van der Waals surface area contributed by atoms with Gasteiger partial charge in [0.25, 0.3) is 0 Å². The number of nitrogens with one attached hydrogen (secondary N) is 1. The summed E-state index contributed by atoms with van der Waals surface area (Å²) in [5.41, 5.74) is 1.79. The first-order valence-corrected chi connectivity index (χ1v) is 12.7. The van der Waals surface area contributed by atoms with Crippen LogP contribution in [0, 0.1) is 5.92 Å². The summed E-state index contributed by atoms with van der Waals surface area (Å²) in [6.07, 6.45) is 0.845. The molecule has 1 aliphatic rings. The highest BCUT2D eigenvalue weighted by Crippen LogP contribution is 2.34. The number of amides is 1. The smallest absolute Gasteiger partial charge is 0.230 e. The molecule has 35 heavy (non-hydrogen) atoms. The van der Waals surface area contributed by atoms with Gasteiger partial charge in [0, 0.05) is 12.0 Å². The minimum Gasteiger partial charge on any atom is -0.494 e. The molecule has 0 saturated carbocycles. The molecule has 0 radical (unpaired) electrons. The first-order valence-electron chi connectivity index (χ1n) is 11.7. The maximum Gasteiger partial charge on any atom is 0.230 e. The molecule has 0 saturated heterocycles. The molecular formula is C25H31N5O4S. The normalized spacial score (nSPS) is 13.8. The molecule has 1 amide bonds. The Balaban J connectivity index is 1.39. The third-order valence-electron chi connectivity index (χ3n) is 5.53. The average Bonchev–Trinajstić information content (AvgIpc) is 3.06. The summed E-state index contributed by atoms with van der Waals surface area (Å²) in [5, 5.41) is 11.9. The Morgan fingerprint density at radius 2 is 1.89 bits per heavy atom. The Morgan fingerprint density at radius 1 is 1.14 bits per heavy atom. The highest BCUT2D eigenvalue weighted by Gasteiger charge is 2.22. The summed E-state index contributed by atoms with van der Waals surface area (Å²) in [6, 6.07) is 13.1. The van der Waals surface area contributed by atoms with Gasteiger partial charge in [-0.3, -0.25) is 4.79 Å². The van der Waals surface area contributed by atoms with Gasteiger partial charge in [0.2, 0.25) is 11.1 Å². The standard InChI is InChI=1S/C25H31N5O4S/c1-4-32-19-9-6-17(7-10-19)24-28-29-25(30(24)26)35-15-22(31)27-23(16(2)3)18-8-11-20-21(14-18)34-13-5-12-33-20/h6-11,14,16,23H,4-5,12-13,15,26H2,1-3H3,(H,27,31). The predicted octanol–water partition coefficient (Wildman–Crippen LogP) is 3.82. The molecule has 9 nitrogen and oxygen atoms in total. The number of hydrogen-bond donors (Lipinski definition) is 2. The summed E-state index contributed by atoms with van der Waals surface area (Å²) in [6.45, 7) is 7.93. The number of hydrogen-bond acceptors (Lipinski definition) is 8. The van der Waals surface area contributed by atoms with Crippen LogP contribution in [0.15, 0.2) is 47.6 Å². The van der Waals surface area contributed by atoms with E-state index >= 15 is 0 Å². The zero-order valence-electron chi connectivity index (χ0n) is 20.2. The van der Waals surface area contributed by atoms with Crippen molar-refractivity contribution < 1.29 is 19.0 Å². The van der Waals surface area contributed by atoms with Crippen molar-refractivity contribution in [1.82, 2.24) is 20.2 Å². The van der Waals surface area contributed by atoms with Gasteiger partial charge in [-0.25, -0.2) is 4.68 Å². The van der Waals surface area contributed by atoms with E-state index in [9.17, 15) is 4.79 Å². The van der Waals surface area contributed by atoms with Crippen LogP contribution in [0.5, 0.6) is 17.2 Å². The number of fused-ring (bicyclic) bond motifs is 1. The summed E-state index contributed by atoms with van der Waals surface area (Å²) in [4.78, 5) is 12.8. The van der Waals surface area contributed by atoms with Crippen LogP contribution in [0.25, 0.3) is 11.4 Å². The van der Waals surface area contributed by atoms with Gasteiger partial charge in [-0.1, -0.05) is 31.7 Å². The minimum absolute atomic E-state index is 0.119. The first kappa shape index (κ1) is 24.7. The fourth-order valence-electron chi connectivity index (χ4n) is 3.79. The molecule has 0 aliphatic carbocycles. The quantitative estimate of drug-likeness (QED) is 0.339. The second-order valence-corrected chi connectivity index (χ2v) is 9.41. The Bertz CT molecular complexity index is 1150. The SMILES string of the molecule is CCOc1ccc(-c2nnc(SCC(=O)NC(c3ccc4c(c3)OCCCO4)C(C)C)n2N)cc1. The van der Waals surface area contributed by atoms with Gasteiger partial charge in [0.1, 0.15) is 5.75 Å². The van der Waals surface area contributed by atoms with E-state index in [1.54, 1.807) is 0 Å². The van der Waals surface area contributed by atoms with Crippen molar-refractivity contribution in [1.29, 1.82) is 0 Å². The van der Waals surface area contributed by atoms with Crippen LogP contribution in [-0.2, 0) is 4.79 Å². The molecule has 4 rings (SSSR count). The van der Waals surface area contributed by atoms with Crippen molar-refractivity contribution in [3.05, 3.63) is 48.0 Å². The first-order chi connectivity index (χ1) is 17.0. The minimum atomic E-state index is -0.171. The molecule has 3 N–H and O–H groups in total. The molecule has 3 aromatic rings. The number of benzene rings is 2. The molecule has 2 aromatic carbocycles. The molecule has 1 aromatic heterocycles. The van der Waals surface area contributed by atoms with Crippen LogP contribution >= 0.6 is 11.8 Å². The number of nitrogens with zero attached hydrogens (tertiary/aromatic N) is 3. The fraction of sp³-hybridized carbons (Fsp3) is 0.400. The van der Waals surface area contributed by atoms with Crippen LogP contribution in [-0.4, -0.2) is 46.4 Å². The summed E-state index contributed by atoms with van der Waals surface area (Å²) < 4.78 is 18.4. The van der Waals surface area contributed by atoms with Gasteiger partial charge in [0.15, 0.2) is 17.3 Å². The molecule has 186 valence electrons. The van der Waals surface area contributed by atoms with Crippen molar-refractivity contribution in [2.24, 2.45) is 5.92 Å². The number of nitrogens with two attached hydrogens (primary N) is 1. The lowest BCUT2D eigenvalue weighted by atomic mass is 9.95. The van der Waals surface area contributed by atoms with E-state index in [1.807, 2.05) is 49.4 Å². The third-order valence-corrected chi connectivity index (χ3v) is 6.48. The lowest BCUT2D eigenvalue weighted by molar-refractivity contribution is -0.119. The second kappa shape index (κ2) is 11.4. The van der Waals surface area contributed by atoms with E-state index in [-0.39, 0.29) is 23.6 Å². The van der Waals surface area contributed by atoms with Crippen molar-refractivity contribution in [3.63, 3.8) is 0 Å². The van der Waals surface area contributed by atoms with E-state index in [0.717, 1.165) is 29.0 Å². The molecule has 10 heteroatoms. The van der Waals surface area contributed by atoms with E-state index in [2.05, 4.69) is 29.4 Å². The van der Waals surface area contributed by atoms with Crippen molar-refractivity contribution >= 4 is 17.7 Å². The number of aromatic nitrogens is 3. The van der Waals surface area contributed by atoms with Gasteiger partial charge in [-0.15, -0.1) is 10.2 Å². The molecule has 0 fully saturated rings. The van der Waals surface area contributed by atoms with Crippen molar-refractivity contribution in [2.45, 2.75) is 38.4 Å². The number of rotatable bonds is 9. The number of carbonyl (C=O) groups is 1. The Hall–Kier alpha value is -3.40. The Labute approximate surface area is 209 Å². The largest absolute Gasteiger partial charge is 0.494 e. The summed E-state index contributed by atoms with van der Waals surface area (Å²) in [7, 11) is 0. The Morgan fingerprint density at radius 3 is 2.60 bits per heavy atom. The lowest BCUT2D eigenvalue weighted by Crippen LogP contribution is -2.33. The molecule has 0 bridgehead atoms.